The van der Waals surface area contributed by atoms with Crippen LogP contribution in [0.5, 0.6) is 11.5 Å². The van der Waals surface area contributed by atoms with Gasteiger partial charge in [0.05, 0.1) is 42.6 Å². The third-order valence-electron chi connectivity index (χ3n) is 10.6. The summed E-state index contributed by atoms with van der Waals surface area (Å²) in [4.78, 5) is 47.6. The van der Waals surface area contributed by atoms with Crippen molar-refractivity contribution in [2.24, 2.45) is 11.8 Å². The second-order valence-electron chi connectivity index (χ2n) is 12.6. The summed E-state index contributed by atoms with van der Waals surface area (Å²) in [5, 5.41) is 0. The van der Waals surface area contributed by atoms with Crippen LogP contribution < -0.4 is 14.4 Å². The molecule has 4 atom stereocenters. The third kappa shape index (κ3) is 3.71. The van der Waals surface area contributed by atoms with Crippen LogP contribution in [0.1, 0.15) is 27.8 Å². The molecule has 0 aromatic heterocycles. The Labute approximate surface area is 279 Å². The molecule has 5 aromatic rings. The molecular weight excluding hydrogens is 598 g/mol. The second kappa shape index (κ2) is 10.9. The number of para-hydroxylation sites is 1. The number of nitrogens with zero attached hydrogens (tertiary/aromatic N) is 1. The Hall–Kier alpha value is -5.75. The maximum absolute atomic E-state index is 16.0. The van der Waals surface area contributed by atoms with Crippen LogP contribution in [-0.4, -0.2) is 31.8 Å². The molecule has 6 heteroatoms. The van der Waals surface area contributed by atoms with Crippen LogP contribution in [0.3, 0.4) is 0 Å². The summed E-state index contributed by atoms with van der Waals surface area (Å²) in [6, 6.07) is 41.8. The molecule has 0 spiro atoms. The lowest BCUT2D eigenvalue weighted by Gasteiger charge is -2.39. The van der Waals surface area contributed by atoms with Crippen molar-refractivity contribution in [1.29, 1.82) is 0 Å². The van der Waals surface area contributed by atoms with Crippen LogP contribution in [0.15, 0.2) is 133 Å². The number of aryl methyl sites for hydroxylation is 1. The summed E-state index contributed by atoms with van der Waals surface area (Å²) in [6.07, 6.45) is 0. The van der Waals surface area contributed by atoms with Crippen molar-refractivity contribution in [2.45, 2.75) is 17.8 Å². The van der Waals surface area contributed by atoms with E-state index < -0.39 is 22.7 Å². The van der Waals surface area contributed by atoms with Gasteiger partial charge in [-0.05, 0) is 76.2 Å². The Morgan fingerprint density at radius 1 is 0.521 bits per heavy atom. The number of ether oxygens (including phenoxy) is 2. The molecule has 1 aliphatic heterocycles. The van der Waals surface area contributed by atoms with E-state index in [2.05, 4.69) is 0 Å². The van der Waals surface area contributed by atoms with Gasteiger partial charge >= 0.3 is 0 Å². The average Bonchev–Trinajstić information content (AvgIpc) is 3.64. The first-order chi connectivity index (χ1) is 23.4. The van der Waals surface area contributed by atoms with E-state index >= 15 is 14.4 Å². The molecule has 0 N–H and O–H groups in total. The van der Waals surface area contributed by atoms with Crippen molar-refractivity contribution < 1.29 is 23.9 Å². The molecular formula is C42H33NO5. The van der Waals surface area contributed by atoms with Crippen LogP contribution in [0.25, 0.3) is 11.1 Å². The summed E-state index contributed by atoms with van der Waals surface area (Å²) in [5.74, 6) is -1.53. The molecule has 0 unspecified atom stereocenters. The zero-order valence-corrected chi connectivity index (χ0v) is 26.8. The third-order valence-corrected chi connectivity index (χ3v) is 10.6. The van der Waals surface area contributed by atoms with Crippen LogP contribution >= 0.6 is 0 Å². The minimum Gasteiger partial charge on any atom is -0.497 e. The molecule has 3 aliphatic rings. The zero-order chi connectivity index (χ0) is 33.2. The van der Waals surface area contributed by atoms with Crippen molar-refractivity contribution >= 4 is 34.4 Å². The van der Waals surface area contributed by atoms with Gasteiger partial charge in [-0.2, -0.15) is 0 Å². The lowest BCUT2D eigenvalue weighted by molar-refractivity contribution is -0.130. The number of fused-ring (bicyclic) bond motifs is 5. The van der Waals surface area contributed by atoms with Crippen molar-refractivity contribution in [3.63, 3.8) is 0 Å². The minimum absolute atomic E-state index is 0.162. The fraction of sp³-hybridized carbons (Fsp3) is 0.167. The zero-order valence-electron chi connectivity index (χ0n) is 26.8. The molecule has 5 aromatic carbocycles. The van der Waals surface area contributed by atoms with E-state index in [0.29, 0.717) is 28.3 Å². The van der Waals surface area contributed by atoms with Crippen LogP contribution in [0.4, 0.5) is 5.69 Å². The number of imide groups is 1. The molecule has 236 valence electrons. The topological polar surface area (TPSA) is 72.9 Å². The van der Waals surface area contributed by atoms with Crippen LogP contribution in [0, 0.1) is 18.8 Å². The van der Waals surface area contributed by atoms with Gasteiger partial charge in [0.1, 0.15) is 11.5 Å². The number of hydrogen-bond acceptors (Lipinski definition) is 5. The average molecular weight is 632 g/mol. The molecule has 0 radical (unpaired) electrons. The molecule has 2 bridgehead atoms. The van der Waals surface area contributed by atoms with Gasteiger partial charge in [-0.1, -0.05) is 103 Å². The Morgan fingerprint density at radius 2 is 0.917 bits per heavy atom. The Balaban J connectivity index is 1.55. The fourth-order valence-electron chi connectivity index (χ4n) is 8.69. The van der Waals surface area contributed by atoms with E-state index in [0.717, 1.165) is 27.8 Å². The van der Waals surface area contributed by atoms with E-state index in [1.807, 2.05) is 140 Å². The van der Waals surface area contributed by atoms with Gasteiger partial charge in [0.25, 0.3) is 0 Å². The SMILES string of the molecule is COc1ccc(C2=C(c3ccc(OC)cc3)[C@@]3(c4ccccc4)C(=O)[C@]2(c2ccccc2)[C@@H]2C(=O)N(c4ccccc4C)C(=O)[C@@H]23)cc1. The van der Waals surface area contributed by atoms with Gasteiger partial charge in [0.2, 0.25) is 11.8 Å². The maximum Gasteiger partial charge on any atom is 0.239 e. The minimum atomic E-state index is -1.48. The molecule has 1 heterocycles. The predicted molar refractivity (Wildman–Crippen MR) is 185 cm³/mol. The van der Waals surface area contributed by atoms with Crippen LogP contribution in [0.2, 0.25) is 0 Å². The number of anilines is 1. The first-order valence-corrected chi connectivity index (χ1v) is 16.0. The number of carbonyl (C=O) groups excluding carboxylic acids is 3. The quantitative estimate of drug-likeness (QED) is 0.178. The molecule has 6 nitrogen and oxygen atoms in total. The molecule has 2 aliphatic carbocycles. The highest BCUT2D eigenvalue weighted by Gasteiger charge is 2.82. The highest BCUT2D eigenvalue weighted by molar-refractivity contribution is 6.39. The van der Waals surface area contributed by atoms with Gasteiger partial charge in [0, 0.05) is 0 Å². The normalized spacial score (nSPS) is 24.3. The van der Waals surface area contributed by atoms with Crippen molar-refractivity contribution in [3.05, 3.63) is 161 Å². The predicted octanol–water partition coefficient (Wildman–Crippen LogP) is 7.20. The van der Waals surface area contributed by atoms with Crippen molar-refractivity contribution in [3.8, 4) is 11.5 Å². The van der Waals surface area contributed by atoms with Gasteiger partial charge < -0.3 is 9.47 Å². The summed E-state index contributed by atoms with van der Waals surface area (Å²) >= 11 is 0. The van der Waals surface area contributed by atoms with Crippen LogP contribution in [-0.2, 0) is 25.2 Å². The summed E-state index contributed by atoms with van der Waals surface area (Å²) in [7, 11) is 3.23. The number of hydrogen-bond donors (Lipinski definition) is 0. The first-order valence-electron chi connectivity index (χ1n) is 16.0. The highest BCUT2D eigenvalue weighted by atomic mass is 16.5. The molecule has 2 fully saturated rings. The Bertz CT molecular complexity index is 1990. The number of benzene rings is 5. The summed E-state index contributed by atoms with van der Waals surface area (Å²) in [6.45, 7) is 1.90. The Kier molecular flexibility index (Phi) is 6.74. The summed E-state index contributed by atoms with van der Waals surface area (Å²) in [5.41, 5.74) is 2.78. The van der Waals surface area contributed by atoms with Crippen molar-refractivity contribution in [1.82, 2.24) is 0 Å². The fourth-order valence-corrected chi connectivity index (χ4v) is 8.69. The molecule has 1 saturated carbocycles. The van der Waals surface area contributed by atoms with E-state index in [-0.39, 0.29) is 17.6 Å². The standard InChI is InChI=1S/C42H33NO5/c1-26-12-10-11-17-33(26)43-38(44)36-37(39(43)45)42(30-15-8-5-9-16-30)35(28-20-24-32(48-3)25-21-28)34(27-18-22-31(47-2)23-19-27)41(36,40(42)46)29-13-6-4-7-14-29/h4-25,36-37H,1-3H3/t36-,37+,41-,42+. The highest BCUT2D eigenvalue weighted by Crippen LogP contribution is 2.74. The second-order valence-corrected chi connectivity index (χ2v) is 12.6. The van der Waals surface area contributed by atoms with E-state index in [4.69, 9.17) is 9.47 Å². The largest absolute Gasteiger partial charge is 0.497 e. The molecule has 1 saturated heterocycles. The molecule has 8 rings (SSSR count). The summed E-state index contributed by atoms with van der Waals surface area (Å²) < 4.78 is 11.0. The van der Waals surface area contributed by atoms with Gasteiger partial charge in [-0.15, -0.1) is 0 Å². The van der Waals surface area contributed by atoms with E-state index in [1.54, 1.807) is 14.2 Å². The monoisotopic (exact) mass is 631 g/mol. The number of carbonyl (C=O) groups is 3. The lowest BCUT2D eigenvalue weighted by Crippen LogP contribution is -2.45. The number of amides is 2. The molecule has 48 heavy (non-hydrogen) atoms. The number of rotatable bonds is 7. The number of Topliss-reactive ketones (excluding diaryl/α,β-unsaturated/α-hetero) is 1. The smallest absolute Gasteiger partial charge is 0.239 e. The van der Waals surface area contributed by atoms with Crippen molar-refractivity contribution in [2.75, 3.05) is 19.1 Å². The van der Waals surface area contributed by atoms with E-state index in [9.17, 15) is 0 Å². The number of ketones is 1. The van der Waals surface area contributed by atoms with Gasteiger partial charge in [0.15, 0.2) is 5.78 Å². The van der Waals surface area contributed by atoms with Gasteiger partial charge in [-0.3, -0.25) is 14.4 Å². The van der Waals surface area contributed by atoms with E-state index in [1.165, 1.54) is 4.90 Å². The lowest BCUT2D eigenvalue weighted by atomic mass is 9.59. The number of allylic oxidation sites excluding steroid dienone is 2. The molecule has 2 amide bonds. The first kappa shape index (κ1) is 29.6. The Morgan fingerprint density at radius 3 is 1.31 bits per heavy atom. The number of methoxy groups -OCH3 is 2. The van der Waals surface area contributed by atoms with Gasteiger partial charge in [-0.25, -0.2) is 4.90 Å². The maximum atomic E-state index is 16.0.